The molecule has 0 radical (unpaired) electrons. The van der Waals surface area contributed by atoms with Crippen LogP contribution in [0.2, 0.25) is 0 Å². The summed E-state index contributed by atoms with van der Waals surface area (Å²) in [6, 6.07) is 75.1. The maximum atomic E-state index is 6.80. The van der Waals surface area contributed by atoms with Gasteiger partial charge >= 0.3 is 0 Å². The second-order valence-electron chi connectivity index (χ2n) is 19.4. The van der Waals surface area contributed by atoms with Crippen molar-refractivity contribution < 1.29 is 8.83 Å². The van der Waals surface area contributed by atoms with Crippen LogP contribution in [0.25, 0.3) is 87.3 Å². The summed E-state index contributed by atoms with van der Waals surface area (Å²) in [6.07, 6.45) is 0. The Kier molecular flexibility index (Phi) is 8.43. The SMILES string of the molecule is Cc1cccc(N(c2ccc3c4c(c5ccccc5c3c2)-c2c(cc(N(c3cccc(C)c3)c3cccc5c3oc3ccccc35)c3ccccc23)C4(C)C)c2cccc3c2oc2ccccc23)c1. The molecule has 2 heterocycles. The zero-order valence-corrected chi connectivity index (χ0v) is 38.8. The largest absolute Gasteiger partial charge is 0.454 e. The van der Waals surface area contributed by atoms with E-state index in [0.717, 1.165) is 78.0 Å². The normalized spacial score (nSPS) is 13.0. The van der Waals surface area contributed by atoms with Gasteiger partial charge in [0, 0.05) is 49.4 Å². The Hall–Kier alpha value is -8.60. The van der Waals surface area contributed by atoms with Crippen molar-refractivity contribution in [2.45, 2.75) is 33.1 Å². The average Bonchev–Trinajstić information content (AvgIpc) is 4.03. The Morgan fingerprint density at radius 2 is 0.812 bits per heavy atom. The molecule has 1 aliphatic carbocycles. The van der Waals surface area contributed by atoms with Crippen molar-refractivity contribution in [3.8, 4) is 11.1 Å². The molecule has 69 heavy (non-hydrogen) atoms. The zero-order chi connectivity index (χ0) is 46.1. The van der Waals surface area contributed by atoms with Gasteiger partial charge < -0.3 is 18.6 Å². The van der Waals surface area contributed by atoms with Gasteiger partial charge in [-0.25, -0.2) is 0 Å². The number of nitrogens with zero attached hydrogens (tertiary/aromatic N) is 2. The van der Waals surface area contributed by atoms with E-state index >= 15 is 0 Å². The van der Waals surface area contributed by atoms with Crippen LogP contribution in [0.3, 0.4) is 0 Å². The van der Waals surface area contributed by atoms with Crippen molar-refractivity contribution in [3.05, 3.63) is 229 Å². The van der Waals surface area contributed by atoms with Gasteiger partial charge in [0.05, 0.1) is 17.1 Å². The van der Waals surface area contributed by atoms with E-state index in [9.17, 15) is 0 Å². The lowest BCUT2D eigenvalue weighted by Crippen LogP contribution is -2.17. The smallest absolute Gasteiger partial charge is 0.159 e. The van der Waals surface area contributed by atoms with Crippen LogP contribution in [0.5, 0.6) is 0 Å². The van der Waals surface area contributed by atoms with Crippen molar-refractivity contribution in [3.63, 3.8) is 0 Å². The quantitative estimate of drug-likeness (QED) is 0.156. The molecule has 1 aliphatic rings. The van der Waals surface area contributed by atoms with Gasteiger partial charge in [0.25, 0.3) is 0 Å². The molecule has 0 saturated heterocycles. The lowest BCUT2D eigenvalue weighted by atomic mass is 9.79. The van der Waals surface area contributed by atoms with Crippen LogP contribution in [0.15, 0.2) is 215 Å². The molecule has 11 aromatic carbocycles. The molecule has 13 aromatic rings. The lowest BCUT2D eigenvalue weighted by Gasteiger charge is -2.30. The first-order chi connectivity index (χ1) is 33.8. The molecule has 0 amide bonds. The third-order valence-corrected chi connectivity index (χ3v) is 14.8. The summed E-state index contributed by atoms with van der Waals surface area (Å²) < 4.78 is 13.5. The number of hydrogen-bond donors (Lipinski definition) is 0. The monoisotopic (exact) mass is 886 g/mol. The van der Waals surface area contributed by atoms with E-state index in [4.69, 9.17) is 8.83 Å². The van der Waals surface area contributed by atoms with Gasteiger partial charge in [0.2, 0.25) is 0 Å². The minimum Gasteiger partial charge on any atom is -0.454 e. The molecular formula is C65H46N2O2. The molecule has 0 N–H and O–H groups in total. The van der Waals surface area contributed by atoms with E-state index in [2.05, 4.69) is 232 Å². The van der Waals surface area contributed by atoms with Gasteiger partial charge in [0.1, 0.15) is 11.2 Å². The Morgan fingerprint density at radius 3 is 1.42 bits per heavy atom. The van der Waals surface area contributed by atoms with Crippen molar-refractivity contribution in [2.24, 2.45) is 0 Å². The Morgan fingerprint density at radius 1 is 0.333 bits per heavy atom. The summed E-state index contributed by atoms with van der Waals surface area (Å²) in [5.74, 6) is 0. The van der Waals surface area contributed by atoms with Crippen molar-refractivity contribution >= 4 is 110 Å². The molecule has 328 valence electrons. The molecule has 0 spiro atoms. The van der Waals surface area contributed by atoms with Gasteiger partial charge in [-0.3, -0.25) is 0 Å². The highest BCUT2D eigenvalue weighted by Crippen LogP contribution is 2.59. The molecule has 0 bridgehead atoms. The molecule has 4 heteroatoms. The van der Waals surface area contributed by atoms with E-state index in [0.29, 0.717) is 0 Å². The number of fused-ring (bicyclic) bond motifs is 16. The summed E-state index contributed by atoms with van der Waals surface area (Å²) in [5, 5.41) is 11.8. The van der Waals surface area contributed by atoms with E-state index in [-0.39, 0.29) is 5.41 Å². The minimum atomic E-state index is -0.382. The Balaban J connectivity index is 1.03. The fourth-order valence-electron chi connectivity index (χ4n) is 11.9. The molecule has 14 rings (SSSR count). The highest BCUT2D eigenvalue weighted by atomic mass is 16.3. The summed E-state index contributed by atoms with van der Waals surface area (Å²) in [6.45, 7) is 9.19. The first-order valence-corrected chi connectivity index (χ1v) is 23.9. The van der Waals surface area contributed by atoms with Gasteiger partial charge in [-0.15, -0.1) is 0 Å². The Bertz CT molecular complexity index is 4280. The summed E-state index contributed by atoms with van der Waals surface area (Å²) in [7, 11) is 0. The van der Waals surface area contributed by atoms with E-state index in [1.54, 1.807) is 0 Å². The maximum absolute atomic E-state index is 6.80. The molecule has 2 aromatic heterocycles. The minimum absolute atomic E-state index is 0.382. The zero-order valence-electron chi connectivity index (χ0n) is 38.8. The van der Waals surface area contributed by atoms with Gasteiger partial charge in [0.15, 0.2) is 11.2 Å². The number of anilines is 6. The number of benzene rings is 11. The van der Waals surface area contributed by atoms with Crippen molar-refractivity contribution in [1.82, 2.24) is 0 Å². The molecule has 4 nitrogen and oxygen atoms in total. The number of rotatable bonds is 6. The standard InChI is InChI=1S/C65H46N2O2/c1-39-17-13-19-41(35-39)66(55-29-15-27-51-46-23-9-11-31-58(46)68-63(51)55)43-33-34-50-53(37-43)44-21-5-7-25-48(44)61-60-49-26-8-6-22-45(49)57(38-54(60)65(3,4)62(50)61)67(42-20-14-18-40(2)36-42)56-30-16-28-52-47-24-10-12-32-59(47)69-64(52)56/h5-38H,1-4H3. The van der Waals surface area contributed by atoms with Gasteiger partial charge in [-0.05, 0) is 141 Å². The van der Waals surface area contributed by atoms with E-state index in [1.165, 1.54) is 65.7 Å². The van der Waals surface area contributed by atoms with Crippen molar-refractivity contribution in [2.75, 3.05) is 9.80 Å². The summed E-state index contributed by atoms with van der Waals surface area (Å²) in [5.41, 5.74) is 17.2. The molecule has 0 saturated carbocycles. The molecule has 0 atom stereocenters. The maximum Gasteiger partial charge on any atom is 0.159 e. The molecule has 0 unspecified atom stereocenters. The van der Waals surface area contributed by atoms with Crippen LogP contribution in [0.4, 0.5) is 34.1 Å². The summed E-state index contributed by atoms with van der Waals surface area (Å²) in [4.78, 5) is 4.81. The fraction of sp³-hybridized carbons (Fsp3) is 0.0769. The molecule has 0 aliphatic heterocycles. The van der Waals surface area contributed by atoms with Gasteiger partial charge in [-0.2, -0.15) is 0 Å². The highest BCUT2D eigenvalue weighted by Gasteiger charge is 2.41. The number of aryl methyl sites for hydroxylation is 2. The molecule has 0 fully saturated rings. The third kappa shape index (κ3) is 5.76. The predicted molar refractivity (Wildman–Crippen MR) is 290 cm³/mol. The highest BCUT2D eigenvalue weighted by molar-refractivity contribution is 6.23. The van der Waals surface area contributed by atoms with Gasteiger partial charge in [-0.1, -0.05) is 153 Å². The number of furan rings is 2. The topological polar surface area (TPSA) is 32.8 Å². The van der Waals surface area contributed by atoms with Crippen LogP contribution in [-0.2, 0) is 5.41 Å². The first kappa shape index (κ1) is 39.6. The number of para-hydroxylation sites is 4. The Labute approximate surface area is 399 Å². The second kappa shape index (κ2) is 14.7. The lowest BCUT2D eigenvalue weighted by molar-refractivity contribution is 0.666. The fourth-order valence-corrected chi connectivity index (χ4v) is 11.9. The van der Waals surface area contributed by atoms with Crippen LogP contribution in [0.1, 0.15) is 36.1 Å². The van der Waals surface area contributed by atoms with Crippen LogP contribution < -0.4 is 9.80 Å². The average molecular weight is 887 g/mol. The second-order valence-corrected chi connectivity index (χ2v) is 19.4. The van der Waals surface area contributed by atoms with E-state index < -0.39 is 0 Å². The summed E-state index contributed by atoms with van der Waals surface area (Å²) >= 11 is 0. The van der Waals surface area contributed by atoms with Crippen LogP contribution in [-0.4, -0.2) is 0 Å². The van der Waals surface area contributed by atoms with E-state index in [1.807, 2.05) is 12.1 Å². The van der Waals surface area contributed by atoms with Crippen LogP contribution in [0, 0.1) is 13.8 Å². The third-order valence-electron chi connectivity index (χ3n) is 14.8. The number of hydrogen-bond acceptors (Lipinski definition) is 4. The molecular weight excluding hydrogens is 841 g/mol. The van der Waals surface area contributed by atoms with Crippen LogP contribution >= 0.6 is 0 Å². The van der Waals surface area contributed by atoms with Crippen molar-refractivity contribution in [1.29, 1.82) is 0 Å². The first-order valence-electron chi connectivity index (χ1n) is 23.9. The predicted octanol–water partition coefficient (Wildman–Crippen LogP) is 18.8.